The molecule has 0 fully saturated rings. The summed E-state index contributed by atoms with van der Waals surface area (Å²) in [6, 6.07) is 33.0. The average Bonchev–Trinajstić information content (AvgIpc) is 3.40. The van der Waals surface area contributed by atoms with Crippen molar-refractivity contribution in [3.05, 3.63) is 108 Å². The Morgan fingerprint density at radius 3 is 2.31 bits per heavy atom. The topological polar surface area (TPSA) is 4.93 Å². The number of fused-ring (bicyclic) bond motifs is 7. The molecule has 0 N–H and O–H groups in total. The average molecular weight is 428 g/mol. The van der Waals surface area contributed by atoms with Gasteiger partial charge in [0.1, 0.15) is 0 Å². The van der Waals surface area contributed by atoms with Crippen LogP contribution < -0.4 is 0 Å². The Kier molecular flexibility index (Phi) is 3.91. The molecule has 2 heterocycles. The summed E-state index contributed by atoms with van der Waals surface area (Å²) in [6.45, 7) is 0. The first-order valence-electron chi connectivity index (χ1n) is 11.2. The van der Waals surface area contributed by atoms with E-state index in [2.05, 4.69) is 108 Å². The van der Waals surface area contributed by atoms with E-state index in [1.165, 1.54) is 59.1 Å². The van der Waals surface area contributed by atoms with E-state index in [0.717, 1.165) is 12.8 Å². The lowest BCUT2D eigenvalue weighted by molar-refractivity contribution is 1.02. The van der Waals surface area contributed by atoms with E-state index in [-0.39, 0.29) is 0 Å². The fourth-order valence-corrected chi connectivity index (χ4v) is 6.53. The van der Waals surface area contributed by atoms with E-state index in [4.69, 9.17) is 0 Å². The van der Waals surface area contributed by atoms with Crippen molar-refractivity contribution in [1.29, 1.82) is 0 Å². The Morgan fingerprint density at radius 1 is 0.656 bits per heavy atom. The number of rotatable bonds is 2. The quantitative estimate of drug-likeness (QED) is 0.261. The summed E-state index contributed by atoms with van der Waals surface area (Å²) >= 11 is 1.99. The van der Waals surface area contributed by atoms with Crippen molar-refractivity contribution < 1.29 is 0 Å². The van der Waals surface area contributed by atoms with Gasteiger partial charge in [0.2, 0.25) is 0 Å². The zero-order chi connectivity index (χ0) is 21.1. The molecule has 1 aliphatic carbocycles. The number of nitrogens with zero attached hydrogens (tertiary/aromatic N) is 1. The molecule has 0 atom stereocenters. The summed E-state index contributed by atoms with van der Waals surface area (Å²) in [7, 11) is 0. The molecule has 0 amide bonds. The monoisotopic (exact) mass is 427 g/mol. The number of thiophene rings is 1. The third-order valence-electron chi connectivity index (χ3n) is 6.66. The van der Waals surface area contributed by atoms with Gasteiger partial charge in [-0.05, 0) is 53.8 Å². The number of allylic oxidation sites excluding steroid dienone is 1. The molecule has 0 saturated carbocycles. The third kappa shape index (κ3) is 2.57. The molecule has 152 valence electrons. The van der Waals surface area contributed by atoms with Gasteiger partial charge < -0.3 is 4.57 Å². The Balaban J connectivity index is 1.50. The maximum Gasteiger partial charge on any atom is 0.0555 e. The number of aromatic nitrogens is 1. The first-order valence-corrected chi connectivity index (χ1v) is 12.0. The van der Waals surface area contributed by atoms with Gasteiger partial charge in [0.05, 0.1) is 11.0 Å². The first-order chi connectivity index (χ1) is 15.9. The first kappa shape index (κ1) is 18.0. The van der Waals surface area contributed by atoms with E-state index in [0.29, 0.717) is 0 Å². The van der Waals surface area contributed by atoms with Gasteiger partial charge in [0, 0.05) is 31.4 Å². The van der Waals surface area contributed by atoms with E-state index in [1.807, 2.05) is 11.3 Å². The zero-order valence-electron chi connectivity index (χ0n) is 17.6. The summed E-state index contributed by atoms with van der Waals surface area (Å²) in [4.78, 5) is 1.53. The van der Waals surface area contributed by atoms with Gasteiger partial charge in [-0.15, -0.1) is 11.3 Å². The van der Waals surface area contributed by atoms with Gasteiger partial charge in [-0.3, -0.25) is 0 Å². The van der Waals surface area contributed by atoms with Crippen LogP contribution in [0.2, 0.25) is 0 Å². The van der Waals surface area contributed by atoms with Crippen molar-refractivity contribution in [3.8, 4) is 16.8 Å². The van der Waals surface area contributed by atoms with Crippen molar-refractivity contribution in [2.75, 3.05) is 0 Å². The van der Waals surface area contributed by atoms with Crippen LogP contribution in [0.1, 0.15) is 16.9 Å². The zero-order valence-corrected chi connectivity index (χ0v) is 18.4. The lowest BCUT2D eigenvalue weighted by atomic mass is 10.0. The molecular weight excluding hydrogens is 406 g/mol. The lowest BCUT2D eigenvalue weighted by Crippen LogP contribution is -1.93. The number of hydrogen-bond acceptors (Lipinski definition) is 1. The summed E-state index contributed by atoms with van der Waals surface area (Å²) < 4.78 is 3.85. The van der Waals surface area contributed by atoms with E-state index in [1.54, 1.807) is 0 Å². The molecule has 4 aromatic carbocycles. The second-order valence-electron chi connectivity index (χ2n) is 8.48. The molecular formula is C30H21NS. The summed E-state index contributed by atoms with van der Waals surface area (Å²) in [6.07, 6.45) is 6.95. The highest BCUT2D eigenvalue weighted by atomic mass is 32.1. The molecule has 0 saturated heterocycles. The molecule has 2 heteroatoms. The highest BCUT2D eigenvalue weighted by Crippen LogP contribution is 2.43. The standard InChI is InChI=1S/C30H21NS/c1-2-8-20(9-3-1)21-14-16-22(17-15-21)31-26-12-6-4-11-25(26)29-27(31)19-18-24-23-10-5-7-13-28(23)32-30(24)29/h1-6,8-12,14-19H,7,13H2. The van der Waals surface area contributed by atoms with Crippen LogP contribution in [-0.2, 0) is 6.42 Å². The number of benzene rings is 4. The fraction of sp³-hybridized carbons (Fsp3) is 0.0667. The van der Waals surface area contributed by atoms with Crippen molar-refractivity contribution in [3.63, 3.8) is 0 Å². The minimum absolute atomic E-state index is 1.15. The lowest BCUT2D eigenvalue weighted by Gasteiger charge is -2.09. The normalized spacial score (nSPS) is 13.2. The summed E-state index contributed by atoms with van der Waals surface area (Å²) in [5.41, 5.74) is 7.69. The van der Waals surface area contributed by atoms with Gasteiger partial charge in [-0.25, -0.2) is 0 Å². The highest BCUT2D eigenvalue weighted by molar-refractivity contribution is 7.20. The van der Waals surface area contributed by atoms with E-state index in [9.17, 15) is 0 Å². The Hall–Kier alpha value is -3.62. The number of para-hydroxylation sites is 1. The Bertz CT molecular complexity index is 1650. The van der Waals surface area contributed by atoms with Crippen LogP contribution in [0, 0.1) is 0 Å². The largest absolute Gasteiger partial charge is 0.309 e. The molecule has 32 heavy (non-hydrogen) atoms. The van der Waals surface area contributed by atoms with Crippen LogP contribution in [0.15, 0.2) is 97.1 Å². The van der Waals surface area contributed by atoms with E-state index >= 15 is 0 Å². The fourth-order valence-electron chi connectivity index (χ4n) is 5.17. The van der Waals surface area contributed by atoms with Crippen LogP contribution in [0.4, 0.5) is 0 Å². The molecule has 0 radical (unpaired) electrons. The van der Waals surface area contributed by atoms with E-state index < -0.39 is 0 Å². The molecule has 6 aromatic rings. The Morgan fingerprint density at radius 2 is 1.44 bits per heavy atom. The molecule has 2 aromatic heterocycles. The molecule has 0 unspecified atom stereocenters. The SMILES string of the molecule is C1=Cc2c(sc3c2ccc2c3c3ccccc3n2-c2ccc(-c3ccccc3)cc2)CC1. The van der Waals surface area contributed by atoms with Crippen LogP contribution in [0.3, 0.4) is 0 Å². The highest BCUT2D eigenvalue weighted by Gasteiger charge is 2.19. The van der Waals surface area contributed by atoms with Crippen molar-refractivity contribution >= 4 is 49.3 Å². The van der Waals surface area contributed by atoms with Crippen molar-refractivity contribution in [2.45, 2.75) is 12.8 Å². The molecule has 0 bridgehead atoms. The van der Waals surface area contributed by atoms with Gasteiger partial charge in [-0.2, -0.15) is 0 Å². The van der Waals surface area contributed by atoms with Gasteiger partial charge in [-0.1, -0.05) is 78.9 Å². The van der Waals surface area contributed by atoms with Crippen LogP contribution in [0.25, 0.3) is 54.8 Å². The minimum Gasteiger partial charge on any atom is -0.309 e. The molecule has 0 spiro atoms. The minimum atomic E-state index is 1.15. The molecule has 1 aliphatic rings. The summed E-state index contributed by atoms with van der Waals surface area (Å²) in [5.74, 6) is 0. The predicted molar refractivity (Wildman–Crippen MR) is 139 cm³/mol. The second-order valence-corrected chi connectivity index (χ2v) is 9.59. The Labute approximate surface area is 190 Å². The number of aryl methyl sites for hydroxylation is 1. The van der Waals surface area contributed by atoms with Crippen LogP contribution >= 0.6 is 11.3 Å². The predicted octanol–water partition coefficient (Wildman–Crippen LogP) is 8.62. The van der Waals surface area contributed by atoms with Gasteiger partial charge in [0.25, 0.3) is 0 Å². The van der Waals surface area contributed by atoms with Gasteiger partial charge >= 0.3 is 0 Å². The maximum atomic E-state index is 2.42. The molecule has 1 nitrogen and oxygen atoms in total. The van der Waals surface area contributed by atoms with Gasteiger partial charge in [0.15, 0.2) is 0 Å². The third-order valence-corrected chi connectivity index (χ3v) is 7.96. The van der Waals surface area contributed by atoms with Crippen LogP contribution in [0.5, 0.6) is 0 Å². The smallest absolute Gasteiger partial charge is 0.0555 e. The molecule has 0 aliphatic heterocycles. The number of hydrogen-bond donors (Lipinski definition) is 0. The molecule has 7 rings (SSSR count). The van der Waals surface area contributed by atoms with Crippen molar-refractivity contribution in [2.24, 2.45) is 0 Å². The second kappa shape index (κ2) is 6.94. The summed E-state index contributed by atoms with van der Waals surface area (Å²) in [5, 5.41) is 4.12. The van der Waals surface area contributed by atoms with Crippen molar-refractivity contribution in [1.82, 2.24) is 4.57 Å². The maximum absolute atomic E-state index is 2.42. The van der Waals surface area contributed by atoms with Crippen LogP contribution in [-0.4, -0.2) is 4.57 Å².